The molecular weight excluding hydrogens is 475 g/mol. The van der Waals surface area contributed by atoms with Crippen LogP contribution in [-0.2, 0) is 15.7 Å². The van der Waals surface area contributed by atoms with E-state index >= 15 is 0 Å². The Hall–Kier alpha value is -2.33. The quantitative estimate of drug-likeness (QED) is 0.347. The zero-order valence-electron chi connectivity index (χ0n) is 18.6. The van der Waals surface area contributed by atoms with Crippen molar-refractivity contribution in [3.63, 3.8) is 0 Å². The van der Waals surface area contributed by atoms with Crippen molar-refractivity contribution in [1.82, 2.24) is 0 Å². The SMILES string of the molecule is COC(=O)COc1cc(OC)c(SCC2SC(c3ccc(C(F)(F)F)cc3)=NC2C)cc1C. The molecule has 1 aliphatic rings. The summed E-state index contributed by atoms with van der Waals surface area (Å²) < 4.78 is 54.1. The summed E-state index contributed by atoms with van der Waals surface area (Å²) in [5, 5.41) is 0.907. The van der Waals surface area contributed by atoms with Gasteiger partial charge in [-0.1, -0.05) is 23.9 Å². The van der Waals surface area contributed by atoms with Gasteiger partial charge in [-0.2, -0.15) is 13.2 Å². The fourth-order valence-corrected chi connectivity index (χ4v) is 5.78. The molecule has 0 aliphatic carbocycles. The Kier molecular flexibility index (Phi) is 8.23. The fourth-order valence-electron chi connectivity index (χ4n) is 3.10. The number of aryl methyl sites for hydroxylation is 1. The van der Waals surface area contributed by atoms with E-state index in [2.05, 4.69) is 9.73 Å². The Bertz CT molecular complexity index is 1030. The first kappa shape index (κ1) is 25.3. The first-order valence-corrected chi connectivity index (χ1v) is 11.9. The first-order chi connectivity index (χ1) is 15.6. The monoisotopic (exact) mass is 499 g/mol. The van der Waals surface area contributed by atoms with Gasteiger partial charge in [-0.05, 0) is 37.6 Å². The number of rotatable bonds is 8. The molecule has 1 heterocycles. The fraction of sp³-hybridized carbons (Fsp3) is 0.391. The van der Waals surface area contributed by atoms with Crippen LogP contribution >= 0.6 is 23.5 Å². The van der Waals surface area contributed by atoms with Gasteiger partial charge in [0, 0.05) is 27.5 Å². The third-order valence-corrected chi connectivity index (χ3v) is 7.81. The molecule has 1 aliphatic heterocycles. The number of aliphatic imine (C=N–C) groups is 1. The normalized spacial score (nSPS) is 18.1. The average molecular weight is 500 g/mol. The topological polar surface area (TPSA) is 57.1 Å². The molecule has 0 N–H and O–H groups in total. The number of carbonyl (C=O) groups is 1. The lowest BCUT2D eigenvalue weighted by Gasteiger charge is -2.16. The van der Waals surface area contributed by atoms with Crippen molar-refractivity contribution in [2.24, 2.45) is 4.99 Å². The van der Waals surface area contributed by atoms with Gasteiger partial charge in [0.2, 0.25) is 0 Å². The van der Waals surface area contributed by atoms with E-state index in [1.165, 1.54) is 19.2 Å². The van der Waals surface area contributed by atoms with E-state index in [0.717, 1.165) is 33.4 Å². The number of esters is 1. The number of ether oxygens (including phenoxy) is 3. The molecule has 2 atom stereocenters. The maximum absolute atomic E-state index is 12.8. The van der Waals surface area contributed by atoms with Crippen LogP contribution in [0.4, 0.5) is 13.2 Å². The Balaban J connectivity index is 1.64. The molecule has 2 unspecified atom stereocenters. The highest BCUT2D eigenvalue weighted by Gasteiger charge is 2.31. The second-order valence-corrected chi connectivity index (χ2v) is 9.64. The largest absolute Gasteiger partial charge is 0.495 e. The Morgan fingerprint density at radius 2 is 1.85 bits per heavy atom. The number of halogens is 3. The summed E-state index contributed by atoms with van der Waals surface area (Å²) in [5.41, 5.74) is 0.875. The molecule has 0 saturated heterocycles. The summed E-state index contributed by atoms with van der Waals surface area (Å²) in [4.78, 5) is 16.9. The maximum Gasteiger partial charge on any atom is 0.416 e. The molecule has 0 bridgehead atoms. The van der Waals surface area contributed by atoms with Gasteiger partial charge in [0.15, 0.2) is 6.61 Å². The van der Waals surface area contributed by atoms with Gasteiger partial charge in [-0.25, -0.2) is 4.79 Å². The lowest BCUT2D eigenvalue weighted by molar-refractivity contribution is -0.143. The number of alkyl halides is 3. The van der Waals surface area contributed by atoms with Crippen molar-refractivity contribution >= 4 is 34.5 Å². The van der Waals surface area contributed by atoms with Crippen molar-refractivity contribution in [2.45, 2.75) is 36.2 Å². The summed E-state index contributed by atoms with van der Waals surface area (Å²) in [6.45, 7) is 3.70. The molecule has 2 aromatic carbocycles. The van der Waals surface area contributed by atoms with Crippen LogP contribution < -0.4 is 9.47 Å². The van der Waals surface area contributed by atoms with Gasteiger partial charge >= 0.3 is 12.1 Å². The zero-order chi connectivity index (χ0) is 24.2. The number of hydrogen-bond acceptors (Lipinski definition) is 7. The minimum atomic E-state index is -4.35. The van der Waals surface area contributed by atoms with Crippen molar-refractivity contribution in [3.8, 4) is 11.5 Å². The smallest absolute Gasteiger partial charge is 0.416 e. The van der Waals surface area contributed by atoms with E-state index in [0.29, 0.717) is 17.1 Å². The Labute approximate surface area is 199 Å². The lowest BCUT2D eigenvalue weighted by Crippen LogP contribution is -2.16. The van der Waals surface area contributed by atoms with Gasteiger partial charge in [0.25, 0.3) is 0 Å². The van der Waals surface area contributed by atoms with Crippen LogP contribution in [0.1, 0.15) is 23.6 Å². The van der Waals surface area contributed by atoms with Crippen LogP contribution in [0.15, 0.2) is 46.3 Å². The van der Waals surface area contributed by atoms with Crippen molar-refractivity contribution < 1.29 is 32.2 Å². The first-order valence-electron chi connectivity index (χ1n) is 10.1. The van der Waals surface area contributed by atoms with E-state index in [-0.39, 0.29) is 17.9 Å². The standard InChI is InChI=1S/C23H24F3NO4S2/c1-13-9-19(18(29-3)10-17(13)31-11-21(28)30-4)32-12-20-14(2)27-22(33-20)15-5-7-16(8-6-15)23(24,25)26/h5-10,14,20H,11-12H2,1-4H3. The second kappa shape index (κ2) is 10.7. The van der Waals surface area contributed by atoms with Gasteiger partial charge < -0.3 is 14.2 Å². The van der Waals surface area contributed by atoms with Crippen LogP contribution in [-0.4, -0.2) is 48.9 Å². The second-order valence-electron chi connectivity index (χ2n) is 7.35. The van der Waals surface area contributed by atoms with Crippen LogP contribution in [0, 0.1) is 6.92 Å². The van der Waals surface area contributed by atoms with Crippen molar-refractivity contribution in [3.05, 3.63) is 53.1 Å². The molecule has 0 amide bonds. The number of carbonyl (C=O) groups excluding carboxylic acids is 1. The molecule has 0 fully saturated rings. The molecule has 0 spiro atoms. The van der Waals surface area contributed by atoms with Crippen LogP contribution in [0.5, 0.6) is 11.5 Å². The lowest BCUT2D eigenvalue weighted by atomic mass is 10.1. The summed E-state index contributed by atoms with van der Waals surface area (Å²) in [6.07, 6.45) is -4.35. The van der Waals surface area contributed by atoms with E-state index < -0.39 is 17.7 Å². The average Bonchev–Trinajstić information content (AvgIpc) is 3.16. The van der Waals surface area contributed by atoms with Gasteiger partial charge in [-0.15, -0.1) is 11.8 Å². The van der Waals surface area contributed by atoms with E-state index in [4.69, 9.17) is 9.47 Å². The van der Waals surface area contributed by atoms with Crippen molar-refractivity contribution in [2.75, 3.05) is 26.6 Å². The van der Waals surface area contributed by atoms with Gasteiger partial charge in [0.1, 0.15) is 11.5 Å². The molecule has 0 saturated carbocycles. The molecule has 10 heteroatoms. The molecule has 2 aromatic rings. The highest BCUT2D eigenvalue weighted by Crippen LogP contribution is 2.40. The minimum absolute atomic E-state index is 0.0227. The summed E-state index contributed by atoms with van der Waals surface area (Å²) in [6, 6.07) is 8.82. The van der Waals surface area contributed by atoms with Gasteiger partial charge in [0.05, 0.1) is 30.9 Å². The van der Waals surface area contributed by atoms with Crippen LogP contribution in [0.3, 0.4) is 0 Å². The summed E-state index contributed by atoms with van der Waals surface area (Å²) in [5.74, 6) is 1.43. The maximum atomic E-state index is 12.8. The minimum Gasteiger partial charge on any atom is -0.495 e. The number of nitrogens with zero attached hydrogens (tertiary/aromatic N) is 1. The third-order valence-electron chi connectivity index (χ3n) is 5.02. The Morgan fingerprint density at radius 1 is 1.15 bits per heavy atom. The molecule has 33 heavy (non-hydrogen) atoms. The van der Waals surface area contributed by atoms with Gasteiger partial charge in [-0.3, -0.25) is 4.99 Å². The molecular formula is C23H24F3NO4S2. The van der Waals surface area contributed by atoms with Crippen LogP contribution in [0.25, 0.3) is 0 Å². The highest BCUT2D eigenvalue weighted by atomic mass is 32.2. The predicted octanol–water partition coefficient (Wildman–Crippen LogP) is 5.62. The highest BCUT2D eigenvalue weighted by molar-refractivity contribution is 8.16. The number of methoxy groups -OCH3 is 2. The molecule has 178 valence electrons. The molecule has 3 rings (SSSR count). The van der Waals surface area contributed by atoms with E-state index in [9.17, 15) is 18.0 Å². The van der Waals surface area contributed by atoms with E-state index in [1.54, 1.807) is 36.7 Å². The Morgan fingerprint density at radius 3 is 2.45 bits per heavy atom. The van der Waals surface area contributed by atoms with Crippen LogP contribution in [0.2, 0.25) is 0 Å². The predicted molar refractivity (Wildman–Crippen MR) is 125 cm³/mol. The molecule has 0 radical (unpaired) electrons. The number of hydrogen-bond donors (Lipinski definition) is 0. The molecule has 0 aromatic heterocycles. The number of benzene rings is 2. The van der Waals surface area contributed by atoms with Crippen molar-refractivity contribution in [1.29, 1.82) is 0 Å². The summed E-state index contributed by atoms with van der Waals surface area (Å²) >= 11 is 3.18. The summed E-state index contributed by atoms with van der Waals surface area (Å²) in [7, 11) is 2.87. The molecule has 5 nitrogen and oxygen atoms in total. The number of thioether (sulfide) groups is 2. The zero-order valence-corrected chi connectivity index (χ0v) is 20.2. The third kappa shape index (κ3) is 6.38. The van der Waals surface area contributed by atoms with E-state index in [1.807, 2.05) is 19.9 Å².